The molecule has 0 heterocycles. The minimum absolute atomic E-state index is 0.169. The van der Waals surface area contributed by atoms with Crippen molar-refractivity contribution >= 4 is 30.3 Å². The van der Waals surface area contributed by atoms with Gasteiger partial charge in [-0.2, -0.15) is 0 Å². The maximum atomic E-state index is 12.2. The van der Waals surface area contributed by atoms with Crippen LogP contribution in [-0.4, -0.2) is 39.7 Å². The van der Waals surface area contributed by atoms with Crippen LogP contribution >= 0.6 is 0 Å². The number of carbonyl (C=O) groups is 1. The normalized spacial score (nSPS) is 12.4. The summed E-state index contributed by atoms with van der Waals surface area (Å²) < 4.78 is 18.6. The lowest BCUT2D eigenvalue weighted by Gasteiger charge is -2.43. The SMILES string of the molecule is COc1cc(CO[Si](c2ccccc2)(c2ccccc2)C(C)(C)C)cc(OC)c1NC(Cc1ccccc1)C(=O)O. The summed E-state index contributed by atoms with van der Waals surface area (Å²) in [5.74, 6) is 0.0199. The predicted molar refractivity (Wildman–Crippen MR) is 167 cm³/mol. The molecule has 0 aromatic heterocycles. The summed E-state index contributed by atoms with van der Waals surface area (Å²) >= 11 is 0. The summed E-state index contributed by atoms with van der Waals surface area (Å²) in [4.78, 5) is 12.2. The molecular weight excluding hydrogens is 530 g/mol. The van der Waals surface area contributed by atoms with E-state index in [0.29, 0.717) is 30.2 Å². The van der Waals surface area contributed by atoms with Crippen LogP contribution in [0.5, 0.6) is 11.5 Å². The van der Waals surface area contributed by atoms with Crippen LogP contribution < -0.4 is 25.2 Å². The van der Waals surface area contributed by atoms with E-state index in [4.69, 9.17) is 13.9 Å². The molecule has 0 fully saturated rings. The molecule has 6 nitrogen and oxygen atoms in total. The molecule has 41 heavy (non-hydrogen) atoms. The Morgan fingerprint density at radius 1 is 0.780 bits per heavy atom. The summed E-state index contributed by atoms with van der Waals surface area (Å²) in [5.41, 5.74) is 2.28. The van der Waals surface area contributed by atoms with Crippen molar-refractivity contribution in [2.24, 2.45) is 0 Å². The number of carboxylic acid groups (broad SMARTS) is 1. The van der Waals surface area contributed by atoms with Gasteiger partial charge in [-0.25, -0.2) is 4.79 Å². The molecular formula is C34H39NO5Si. The summed E-state index contributed by atoms with van der Waals surface area (Å²) in [6.45, 7) is 7.05. The van der Waals surface area contributed by atoms with Gasteiger partial charge in [0.1, 0.15) is 23.2 Å². The number of aliphatic carboxylic acids is 1. The molecule has 0 aliphatic rings. The highest BCUT2D eigenvalue weighted by Gasteiger charge is 2.50. The number of methoxy groups -OCH3 is 2. The van der Waals surface area contributed by atoms with Gasteiger partial charge in [-0.1, -0.05) is 112 Å². The number of hydrogen-bond acceptors (Lipinski definition) is 5. The fourth-order valence-electron chi connectivity index (χ4n) is 5.37. The molecule has 4 rings (SSSR count). The molecule has 1 unspecified atom stereocenters. The van der Waals surface area contributed by atoms with Crippen LogP contribution in [0.2, 0.25) is 5.04 Å². The Morgan fingerprint density at radius 2 is 1.24 bits per heavy atom. The van der Waals surface area contributed by atoms with Gasteiger partial charge in [0.15, 0.2) is 0 Å². The minimum atomic E-state index is -2.76. The molecule has 1 atom stereocenters. The molecule has 0 aliphatic heterocycles. The van der Waals surface area contributed by atoms with Gasteiger partial charge >= 0.3 is 5.97 Å². The van der Waals surface area contributed by atoms with Gasteiger partial charge in [0.05, 0.1) is 20.8 Å². The van der Waals surface area contributed by atoms with Crippen LogP contribution in [0, 0.1) is 0 Å². The topological polar surface area (TPSA) is 77.0 Å². The average molecular weight is 570 g/mol. The lowest BCUT2D eigenvalue weighted by molar-refractivity contribution is -0.137. The second kappa shape index (κ2) is 13.1. The van der Waals surface area contributed by atoms with E-state index in [2.05, 4.69) is 74.6 Å². The van der Waals surface area contributed by atoms with E-state index in [0.717, 1.165) is 11.1 Å². The first kappa shape index (κ1) is 29.9. The highest BCUT2D eigenvalue weighted by molar-refractivity contribution is 6.99. The van der Waals surface area contributed by atoms with Crippen molar-refractivity contribution in [2.45, 2.75) is 44.9 Å². The number of carboxylic acids is 1. The van der Waals surface area contributed by atoms with Crippen molar-refractivity contribution < 1.29 is 23.8 Å². The first-order chi connectivity index (χ1) is 19.7. The van der Waals surface area contributed by atoms with Crippen LogP contribution in [0.25, 0.3) is 0 Å². The van der Waals surface area contributed by atoms with Crippen molar-refractivity contribution in [1.82, 2.24) is 0 Å². The maximum Gasteiger partial charge on any atom is 0.326 e. The molecule has 2 N–H and O–H groups in total. The molecule has 0 aliphatic carbocycles. The molecule has 0 radical (unpaired) electrons. The third-order valence-corrected chi connectivity index (χ3v) is 12.3. The van der Waals surface area contributed by atoms with E-state index >= 15 is 0 Å². The number of rotatable bonds is 12. The maximum absolute atomic E-state index is 12.2. The molecule has 0 spiro atoms. The lowest BCUT2D eigenvalue weighted by atomic mass is 10.1. The number of benzene rings is 4. The van der Waals surface area contributed by atoms with Crippen molar-refractivity contribution in [3.8, 4) is 11.5 Å². The molecule has 4 aromatic rings. The Balaban J connectivity index is 1.70. The van der Waals surface area contributed by atoms with E-state index in [9.17, 15) is 9.90 Å². The van der Waals surface area contributed by atoms with Gasteiger partial charge in [-0.3, -0.25) is 0 Å². The zero-order valence-electron chi connectivity index (χ0n) is 24.4. The number of hydrogen-bond donors (Lipinski definition) is 2. The Hall–Kier alpha value is -4.07. The molecule has 0 saturated heterocycles. The zero-order valence-corrected chi connectivity index (χ0v) is 25.4. The van der Waals surface area contributed by atoms with Gasteiger partial charge in [-0.15, -0.1) is 0 Å². The Kier molecular flexibility index (Phi) is 9.52. The third-order valence-electron chi connectivity index (χ3n) is 7.34. The zero-order chi connectivity index (χ0) is 29.5. The summed E-state index contributed by atoms with van der Waals surface area (Å²) in [5, 5.41) is 15.4. The van der Waals surface area contributed by atoms with Crippen LogP contribution in [0.15, 0.2) is 103 Å². The van der Waals surface area contributed by atoms with E-state index in [-0.39, 0.29) is 5.04 Å². The summed E-state index contributed by atoms with van der Waals surface area (Å²) in [6, 6.07) is 33.4. The average Bonchev–Trinajstić information content (AvgIpc) is 2.98. The van der Waals surface area contributed by atoms with Crippen LogP contribution in [0.4, 0.5) is 5.69 Å². The summed E-state index contributed by atoms with van der Waals surface area (Å²) in [6.07, 6.45) is 0.307. The van der Waals surface area contributed by atoms with Gasteiger partial charge in [0.2, 0.25) is 0 Å². The Bertz CT molecular complexity index is 1360. The molecule has 0 saturated carbocycles. The van der Waals surface area contributed by atoms with Crippen molar-refractivity contribution in [2.75, 3.05) is 19.5 Å². The van der Waals surface area contributed by atoms with Gasteiger partial charge in [0, 0.05) is 6.42 Å². The molecule has 4 aromatic carbocycles. The van der Waals surface area contributed by atoms with Gasteiger partial charge in [0.25, 0.3) is 8.32 Å². The van der Waals surface area contributed by atoms with Gasteiger partial charge in [-0.05, 0) is 38.7 Å². The van der Waals surface area contributed by atoms with Crippen molar-refractivity contribution in [3.63, 3.8) is 0 Å². The van der Waals surface area contributed by atoms with E-state index in [1.54, 1.807) is 14.2 Å². The van der Waals surface area contributed by atoms with Crippen LogP contribution in [0.3, 0.4) is 0 Å². The van der Waals surface area contributed by atoms with E-state index in [1.807, 2.05) is 54.6 Å². The third kappa shape index (κ3) is 6.64. The molecule has 214 valence electrons. The lowest BCUT2D eigenvalue weighted by Crippen LogP contribution is -2.66. The molecule has 7 heteroatoms. The van der Waals surface area contributed by atoms with E-state index in [1.165, 1.54) is 10.4 Å². The van der Waals surface area contributed by atoms with Gasteiger partial charge < -0.3 is 24.3 Å². The number of ether oxygens (including phenoxy) is 2. The minimum Gasteiger partial charge on any atom is -0.494 e. The van der Waals surface area contributed by atoms with Crippen molar-refractivity contribution in [3.05, 3.63) is 114 Å². The fraction of sp³-hybridized carbons (Fsp3) is 0.265. The monoisotopic (exact) mass is 569 g/mol. The standard InChI is InChI=1S/C34H39NO5Si/c1-34(2,3)41(27-17-11-7-12-18-27,28-19-13-8-14-20-28)40-24-26-22-30(38-4)32(31(23-26)39-5)35-29(33(36)37)21-25-15-9-6-10-16-25/h6-20,22-23,29,35H,21,24H2,1-5H3,(H,36,37). The largest absolute Gasteiger partial charge is 0.494 e. The van der Waals surface area contributed by atoms with Crippen molar-refractivity contribution in [1.29, 1.82) is 0 Å². The quantitative estimate of drug-likeness (QED) is 0.207. The second-order valence-electron chi connectivity index (χ2n) is 11.1. The number of anilines is 1. The first-order valence-corrected chi connectivity index (χ1v) is 15.6. The Morgan fingerprint density at radius 3 is 1.66 bits per heavy atom. The highest BCUT2D eigenvalue weighted by atomic mass is 28.4. The second-order valence-corrected chi connectivity index (χ2v) is 15.4. The molecule has 0 bridgehead atoms. The predicted octanol–water partition coefficient (Wildman–Crippen LogP) is 5.89. The Labute approximate surface area is 244 Å². The highest BCUT2D eigenvalue weighted by Crippen LogP contribution is 2.40. The van der Waals surface area contributed by atoms with Crippen LogP contribution in [0.1, 0.15) is 31.9 Å². The molecule has 0 amide bonds. The first-order valence-electron chi connectivity index (χ1n) is 13.7. The smallest absolute Gasteiger partial charge is 0.326 e. The van der Waals surface area contributed by atoms with E-state index < -0.39 is 20.3 Å². The summed E-state index contributed by atoms with van der Waals surface area (Å²) in [7, 11) is 0.378. The fourth-order valence-corrected chi connectivity index (χ4v) is 9.91. The number of nitrogens with one attached hydrogen (secondary N) is 1. The van der Waals surface area contributed by atoms with Crippen LogP contribution in [-0.2, 0) is 22.2 Å².